The summed E-state index contributed by atoms with van der Waals surface area (Å²) in [5.74, 6) is 0. The van der Waals surface area contributed by atoms with E-state index in [1.807, 2.05) is 23.7 Å². The number of nitrogens with zero attached hydrogens (tertiary/aromatic N) is 2. The number of nitrogen functional groups attached to an aromatic ring is 1. The molecule has 0 aliphatic rings. The molecule has 0 saturated carbocycles. The van der Waals surface area contributed by atoms with E-state index in [0.29, 0.717) is 0 Å². The van der Waals surface area contributed by atoms with E-state index < -0.39 is 0 Å². The van der Waals surface area contributed by atoms with Gasteiger partial charge in [-0.05, 0) is 25.0 Å². The zero-order valence-corrected chi connectivity index (χ0v) is 9.07. The fraction of sp³-hybridized carbons (Fsp3) is 0.250. The maximum Gasteiger partial charge on any atom is 0.0730 e. The number of hydrogen-bond donors (Lipinski definition) is 1. The van der Waals surface area contributed by atoms with E-state index in [-0.39, 0.29) is 0 Å². The number of aromatic nitrogens is 2. The molecule has 3 heteroatoms. The minimum Gasteiger partial charge on any atom is -0.396 e. The second kappa shape index (κ2) is 3.77. The molecule has 2 aromatic rings. The molecule has 0 aliphatic heterocycles. The maximum atomic E-state index is 5.75. The van der Waals surface area contributed by atoms with E-state index >= 15 is 0 Å². The van der Waals surface area contributed by atoms with Crippen molar-refractivity contribution in [3.8, 4) is 0 Å². The molecule has 3 nitrogen and oxygen atoms in total. The van der Waals surface area contributed by atoms with Crippen LogP contribution in [0.15, 0.2) is 30.5 Å². The van der Waals surface area contributed by atoms with Gasteiger partial charge >= 0.3 is 0 Å². The second-order valence-corrected chi connectivity index (χ2v) is 3.77. The van der Waals surface area contributed by atoms with E-state index in [9.17, 15) is 0 Å². The molecule has 0 spiro atoms. The van der Waals surface area contributed by atoms with Crippen LogP contribution < -0.4 is 5.73 Å². The highest BCUT2D eigenvalue weighted by Gasteiger charge is 2.04. The molecule has 0 aliphatic carbocycles. The van der Waals surface area contributed by atoms with Gasteiger partial charge in [0.15, 0.2) is 0 Å². The van der Waals surface area contributed by atoms with Crippen LogP contribution in [-0.2, 0) is 6.54 Å². The third kappa shape index (κ3) is 1.86. The van der Waals surface area contributed by atoms with Crippen molar-refractivity contribution >= 4 is 5.69 Å². The molecule has 15 heavy (non-hydrogen) atoms. The highest BCUT2D eigenvalue weighted by molar-refractivity contribution is 5.40. The van der Waals surface area contributed by atoms with Crippen molar-refractivity contribution in [3.05, 3.63) is 47.3 Å². The first-order chi connectivity index (χ1) is 7.18. The first kappa shape index (κ1) is 9.77. The summed E-state index contributed by atoms with van der Waals surface area (Å²) in [6, 6.07) is 8.32. The Morgan fingerprint density at radius 1 is 1.27 bits per heavy atom. The molecule has 2 rings (SSSR count). The highest BCUT2D eigenvalue weighted by atomic mass is 15.3. The standard InChI is InChI=1S/C12H15N3/c1-9-5-3-4-6-11(9)8-15-10(2)12(13)7-14-15/h3-7H,8,13H2,1-2H3. The molecule has 0 saturated heterocycles. The lowest BCUT2D eigenvalue weighted by Gasteiger charge is -2.07. The summed E-state index contributed by atoms with van der Waals surface area (Å²) >= 11 is 0. The van der Waals surface area contributed by atoms with Gasteiger partial charge in [-0.25, -0.2) is 0 Å². The summed E-state index contributed by atoms with van der Waals surface area (Å²) in [5, 5.41) is 4.24. The lowest BCUT2D eigenvalue weighted by Crippen LogP contribution is -2.05. The minimum atomic E-state index is 0.753. The SMILES string of the molecule is Cc1ccccc1Cn1ncc(N)c1C. The van der Waals surface area contributed by atoms with Gasteiger partial charge in [0.25, 0.3) is 0 Å². The molecular formula is C12H15N3. The molecule has 0 amide bonds. The third-order valence-electron chi connectivity index (χ3n) is 2.72. The number of anilines is 1. The van der Waals surface area contributed by atoms with Gasteiger partial charge < -0.3 is 5.73 Å². The molecule has 2 N–H and O–H groups in total. The fourth-order valence-corrected chi connectivity index (χ4v) is 1.57. The summed E-state index contributed by atoms with van der Waals surface area (Å²) in [4.78, 5) is 0. The number of aryl methyl sites for hydroxylation is 1. The van der Waals surface area contributed by atoms with E-state index in [4.69, 9.17) is 5.73 Å². The predicted octanol–water partition coefficient (Wildman–Crippen LogP) is 2.13. The van der Waals surface area contributed by atoms with Gasteiger partial charge in [-0.15, -0.1) is 0 Å². The Kier molecular flexibility index (Phi) is 2.46. The first-order valence-electron chi connectivity index (χ1n) is 5.01. The number of rotatable bonds is 2. The van der Waals surface area contributed by atoms with Gasteiger partial charge in [-0.1, -0.05) is 24.3 Å². The van der Waals surface area contributed by atoms with E-state index in [2.05, 4.69) is 24.2 Å². The van der Waals surface area contributed by atoms with Crippen LogP contribution in [0.25, 0.3) is 0 Å². The Bertz CT molecular complexity index is 471. The average molecular weight is 201 g/mol. The van der Waals surface area contributed by atoms with Crippen LogP contribution in [0.2, 0.25) is 0 Å². The summed E-state index contributed by atoms with van der Waals surface area (Å²) in [7, 11) is 0. The van der Waals surface area contributed by atoms with Crippen LogP contribution >= 0.6 is 0 Å². The summed E-state index contributed by atoms with van der Waals surface area (Å²) in [5.41, 5.74) is 10.1. The summed E-state index contributed by atoms with van der Waals surface area (Å²) in [6.07, 6.45) is 1.70. The Hall–Kier alpha value is -1.77. The van der Waals surface area contributed by atoms with Crippen molar-refractivity contribution in [3.63, 3.8) is 0 Å². The van der Waals surface area contributed by atoms with Gasteiger partial charge in [0.1, 0.15) is 0 Å². The van der Waals surface area contributed by atoms with Crippen LogP contribution in [0, 0.1) is 13.8 Å². The predicted molar refractivity (Wildman–Crippen MR) is 61.7 cm³/mol. The van der Waals surface area contributed by atoms with E-state index in [1.54, 1.807) is 6.20 Å². The van der Waals surface area contributed by atoms with Crippen LogP contribution in [-0.4, -0.2) is 9.78 Å². The van der Waals surface area contributed by atoms with Gasteiger partial charge in [-0.2, -0.15) is 5.10 Å². The van der Waals surface area contributed by atoms with Gasteiger partial charge in [0.2, 0.25) is 0 Å². The summed E-state index contributed by atoms with van der Waals surface area (Å²) < 4.78 is 1.93. The van der Waals surface area contributed by atoms with Gasteiger partial charge in [0, 0.05) is 0 Å². The lowest BCUT2D eigenvalue weighted by molar-refractivity contribution is 0.663. The smallest absolute Gasteiger partial charge is 0.0730 e. The molecule has 1 aromatic carbocycles. The Morgan fingerprint density at radius 3 is 2.60 bits per heavy atom. The van der Waals surface area contributed by atoms with E-state index in [0.717, 1.165) is 17.9 Å². The fourth-order valence-electron chi connectivity index (χ4n) is 1.57. The van der Waals surface area contributed by atoms with Crippen LogP contribution in [0.3, 0.4) is 0 Å². The molecule has 0 unspecified atom stereocenters. The van der Waals surface area contributed by atoms with Crippen molar-refractivity contribution < 1.29 is 0 Å². The molecule has 78 valence electrons. The maximum absolute atomic E-state index is 5.75. The molecular weight excluding hydrogens is 186 g/mol. The number of hydrogen-bond acceptors (Lipinski definition) is 2. The Morgan fingerprint density at radius 2 is 2.00 bits per heavy atom. The molecule has 0 atom stereocenters. The molecule has 0 fully saturated rings. The highest BCUT2D eigenvalue weighted by Crippen LogP contribution is 2.13. The normalized spacial score (nSPS) is 10.5. The molecule has 1 heterocycles. The molecule has 0 radical (unpaired) electrons. The van der Waals surface area contributed by atoms with Gasteiger partial charge in [-0.3, -0.25) is 4.68 Å². The Labute approximate surface area is 89.5 Å². The first-order valence-corrected chi connectivity index (χ1v) is 5.01. The van der Waals surface area contributed by atoms with Gasteiger partial charge in [0.05, 0.1) is 24.1 Å². The number of nitrogens with two attached hydrogens (primary N) is 1. The topological polar surface area (TPSA) is 43.8 Å². The van der Waals surface area contributed by atoms with Crippen molar-refractivity contribution in [1.29, 1.82) is 0 Å². The summed E-state index contributed by atoms with van der Waals surface area (Å²) in [6.45, 7) is 4.88. The average Bonchev–Trinajstić information content (AvgIpc) is 2.53. The lowest BCUT2D eigenvalue weighted by atomic mass is 10.1. The molecule has 0 bridgehead atoms. The van der Waals surface area contributed by atoms with Crippen LogP contribution in [0.4, 0.5) is 5.69 Å². The Balaban J connectivity index is 2.30. The zero-order chi connectivity index (χ0) is 10.8. The third-order valence-corrected chi connectivity index (χ3v) is 2.72. The van der Waals surface area contributed by atoms with E-state index in [1.165, 1.54) is 11.1 Å². The minimum absolute atomic E-state index is 0.753. The second-order valence-electron chi connectivity index (χ2n) is 3.77. The van der Waals surface area contributed by atoms with Crippen LogP contribution in [0.1, 0.15) is 16.8 Å². The van der Waals surface area contributed by atoms with Crippen molar-refractivity contribution in [2.45, 2.75) is 20.4 Å². The zero-order valence-electron chi connectivity index (χ0n) is 9.07. The molecule has 1 aromatic heterocycles. The largest absolute Gasteiger partial charge is 0.396 e. The monoisotopic (exact) mass is 201 g/mol. The van der Waals surface area contributed by atoms with Crippen molar-refractivity contribution in [2.75, 3.05) is 5.73 Å². The van der Waals surface area contributed by atoms with Crippen molar-refractivity contribution in [2.24, 2.45) is 0 Å². The van der Waals surface area contributed by atoms with Crippen molar-refractivity contribution in [1.82, 2.24) is 9.78 Å². The number of benzene rings is 1. The quantitative estimate of drug-likeness (QED) is 0.808. The van der Waals surface area contributed by atoms with Crippen LogP contribution in [0.5, 0.6) is 0 Å².